The van der Waals surface area contributed by atoms with Crippen LogP contribution in [0.2, 0.25) is 5.02 Å². The van der Waals surface area contributed by atoms with Crippen molar-refractivity contribution < 1.29 is 9.32 Å². The van der Waals surface area contributed by atoms with Crippen molar-refractivity contribution in [2.45, 2.75) is 19.8 Å². The Hall–Kier alpha value is -2.01. The van der Waals surface area contributed by atoms with Crippen LogP contribution in [0.15, 0.2) is 34.9 Å². The van der Waals surface area contributed by atoms with E-state index < -0.39 is 0 Å². The Bertz CT molecular complexity index is 598. The molecule has 1 aromatic heterocycles. The van der Waals surface area contributed by atoms with Gasteiger partial charge in [0.25, 0.3) is 0 Å². The van der Waals surface area contributed by atoms with Gasteiger partial charge in [-0.2, -0.15) is 0 Å². The number of amides is 1. The fourth-order valence-electron chi connectivity index (χ4n) is 1.88. The topological polar surface area (TPSA) is 67.2 Å². The monoisotopic (exact) mass is 307 g/mol. The molecule has 0 saturated heterocycles. The zero-order valence-electron chi connectivity index (χ0n) is 11.9. The normalized spacial score (nSPS) is 10.4. The van der Waals surface area contributed by atoms with Crippen molar-refractivity contribution in [1.82, 2.24) is 10.5 Å². The molecule has 0 radical (unpaired) electrons. The summed E-state index contributed by atoms with van der Waals surface area (Å²) >= 11 is 5.91. The molecular weight excluding hydrogens is 290 g/mol. The van der Waals surface area contributed by atoms with Gasteiger partial charge in [0.1, 0.15) is 5.76 Å². The first-order valence-corrected chi connectivity index (χ1v) is 7.19. The Labute approximate surface area is 128 Å². The van der Waals surface area contributed by atoms with Crippen LogP contribution < -0.4 is 10.6 Å². The van der Waals surface area contributed by atoms with Crippen LogP contribution >= 0.6 is 11.6 Å². The SMILES string of the molecule is Cc1cc(NCCC(=O)NCCc2cccc(Cl)c2)no1. The number of nitrogens with zero attached hydrogens (tertiary/aromatic N) is 1. The third-order valence-corrected chi connectivity index (χ3v) is 3.15. The molecule has 1 heterocycles. The van der Waals surface area contributed by atoms with Crippen LogP contribution in [0, 0.1) is 6.92 Å². The van der Waals surface area contributed by atoms with Gasteiger partial charge in [-0.1, -0.05) is 28.9 Å². The summed E-state index contributed by atoms with van der Waals surface area (Å²) in [7, 11) is 0. The average molecular weight is 308 g/mol. The lowest BCUT2D eigenvalue weighted by molar-refractivity contribution is -0.120. The molecule has 0 aliphatic heterocycles. The van der Waals surface area contributed by atoms with E-state index in [0.717, 1.165) is 17.7 Å². The molecule has 0 atom stereocenters. The number of aryl methyl sites for hydroxylation is 1. The molecule has 6 heteroatoms. The number of rotatable bonds is 7. The van der Waals surface area contributed by atoms with Crippen LogP contribution in [-0.2, 0) is 11.2 Å². The highest BCUT2D eigenvalue weighted by atomic mass is 35.5. The number of benzene rings is 1. The van der Waals surface area contributed by atoms with Gasteiger partial charge in [0.2, 0.25) is 5.91 Å². The number of hydrogen-bond donors (Lipinski definition) is 2. The number of carbonyl (C=O) groups excluding carboxylic acids is 1. The Balaban J connectivity index is 1.61. The lowest BCUT2D eigenvalue weighted by atomic mass is 10.1. The summed E-state index contributed by atoms with van der Waals surface area (Å²) < 4.78 is 4.92. The van der Waals surface area contributed by atoms with Gasteiger partial charge in [-0.15, -0.1) is 0 Å². The van der Waals surface area contributed by atoms with Gasteiger partial charge in [0.05, 0.1) is 0 Å². The van der Waals surface area contributed by atoms with Gasteiger partial charge >= 0.3 is 0 Å². The molecule has 2 aromatic rings. The lowest BCUT2D eigenvalue weighted by Crippen LogP contribution is -2.27. The van der Waals surface area contributed by atoms with Gasteiger partial charge in [0.15, 0.2) is 5.82 Å². The highest BCUT2D eigenvalue weighted by molar-refractivity contribution is 6.30. The van der Waals surface area contributed by atoms with E-state index in [1.807, 2.05) is 31.2 Å². The van der Waals surface area contributed by atoms with Gasteiger partial charge < -0.3 is 15.2 Å². The zero-order valence-corrected chi connectivity index (χ0v) is 12.6. The molecule has 2 rings (SSSR count). The smallest absolute Gasteiger partial charge is 0.221 e. The summed E-state index contributed by atoms with van der Waals surface area (Å²) in [6, 6.07) is 9.43. The second kappa shape index (κ2) is 7.69. The predicted molar refractivity (Wildman–Crippen MR) is 82.5 cm³/mol. The molecule has 0 unspecified atom stereocenters. The fraction of sp³-hybridized carbons (Fsp3) is 0.333. The average Bonchev–Trinajstić information content (AvgIpc) is 2.84. The summed E-state index contributed by atoms with van der Waals surface area (Å²) in [5.41, 5.74) is 1.11. The number of halogens is 1. The Morgan fingerprint density at radius 3 is 2.90 bits per heavy atom. The molecule has 1 amide bonds. The lowest BCUT2D eigenvalue weighted by Gasteiger charge is -2.06. The molecule has 21 heavy (non-hydrogen) atoms. The zero-order chi connectivity index (χ0) is 15.1. The van der Waals surface area contributed by atoms with Crippen molar-refractivity contribution in [2.24, 2.45) is 0 Å². The molecule has 0 bridgehead atoms. The Morgan fingerprint density at radius 2 is 2.19 bits per heavy atom. The third kappa shape index (κ3) is 5.47. The van der Waals surface area contributed by atoms with Gasteiger partial charge in [-0.25, -0.2) is 0 Å². The van der Waals surface area contributed by atoms with E-state index in [1.54, 1.807) is 6.07 Å². The fourth-order valence-corrected chi connectivity index (χ4v) is 2.09. The van der Waals surface area contributed by atoms with Crippen molar-refractivity contribution in [3.63, 3.8) is 0 Å². The minimum absolute atomic E-state index is 0.00439. The van der Waals surface area contributed by atoms with Crippen molar-refractivity contribution in [3.8, 4) is 0 Å². The maximum atomic E-state index is 11.7. The van der Waals surface area contributed by atoms with Crippen LogP contribution in [0.3, 0.4) is 0 Å². The summed E-state index contributed by atoms with van der Waals surface area (Å²) in [5, 5.41) is 10.4. The number of anilines is 1. The predicted octanol–water partition coefficient (Wildman–Crippen LogP) is 2.80. The molecule has 2 N–H and O–H groups in total. The molecule has 5 nitrogen and oxygen atoms in total. The maximum absolute atomic E-state index is 11.7. The van der Waals surface area contributed by atoms with Crippen molar-refractivity contribution in [3.05, 3.63) is 46.7 Å². The number of aromatic nitrogens is 1. The summed E-state index contributed by atoms with van der Waals surface area (Å²) in [4.78, 5) is 11.7. The number of hydrogen-bond acceptors (Lipinski definition) is 4. The van der Waals surface area contributed by atoms with Gasteiger partial charge in [-0.3, -0.25) is 4.79 Å². The van der Waals surface area contributed by atoms with Crippen LogP contribution in [0.25, 0.3) is 0 Å². The van der Waals surface area contributed by atoms with Crippen LogP contribution in [0.4, 0.5) is 5.82 Å². The third-order valence-electron chi connectivity index (χ3n) is 2.91. The van der Waals surface area contributed by atoms with Crippen molar-refractivity contribution >= 4 is 23.3 Å². The number of nitrogens with one attached hydrogen (secondary N) is 2. The van der Waals surface area contributed by atoms with Crippen LogP contribution in [0.1, 0.15) is 17.7 Å². The molecule has 0 spiro atoms. The maximum Gasteiger partial charge on any atom is 0.221 e. The van der Waals surface area contributed by atoms with E-state index in [2.05, 4.69) is 15.8 Å². The first kappa shape index (κ1) is 15.4. The highest BCUT2D eigenvalue weighted by Gasteiger charge is 2.03. The van der Waals surface area contributed by atoms with Crippen LogP contribution in [-0.4, -0.2) is 24.2 Å². The standard InChI is InChI=1S/C15H18ClN3O2/c1-11-9-14(19-21-11)17-8-6-15(20)18-7-5-12-3-2-4-13(16)10-12/h2-4,9-10H,5-8H2,1H3,(H,17,19)(H,18,20). The molecule has 0 fully saturated rings. The summed E-state index contributed by atoms with van der Waals surface area (Å²) in [6.45, 7) is 2.94. The van der Waals surface area contributed by atoms with E-state index in [4.69, 9.17) is 16.1 Å². The second-order valence-electron chi connectivity index (χ2n) is 4.73. The van der Waals surface area contributed by atoms with Crippen molar-refractivity contribution in [1.29, 1.82) is 0 Å². The Kier molecular flexibility index (Phi) is 5.63. The molecular formula is C15H18ClN3O2. The number of carbonyl (C=O) groups is 1. The first-order chi connectivity index (χ1) is 10.1. The Morgan fingerprint density at radius 1 is 1.33 bits per heavy atom. The largest absolute Gasteiger partial charge is 0.367 e. The minimum atomic E-state index is 0.00439. The second-order valence-corrected chi connectivity index (χ2v) is 5.17. The highest BCUT2D eigenvalue weighted by Crippen LogP contribution is 2.10. The van der Waals surface area contributed by atoms with E-state index >= 15 is 0 Å². The first-order valence-electron chi connectivity index (χ1n) is 6.82. The molecule has 1 aromatic carbocycles. The van der Waals surface area contributed by atoms with E-state index in [-0.39, 0.29) is 5.91 Å². The molecule has 0 aliphatic rings. The molecule has 0 aliphatic carbocycles. The van der Waals surface area contributed by atoms with Crippen molar-refractivity contribution in [2.75, 3.05) is 18.4 Å². The van der Waals surface area contributed by atoms with E-state index in [0.29, 0.717) is 30.4 Å². The van der Waals surface area contributed by atoms with Crippen LogP contribution in [0.5, 0.6) is 0 Å². The summed E-state index contributed by atoms with van der Waals surface area (Å²) in [5.74, 6) is 1.40. The van der Waals surface area contributed by atoms with Gasteiger partial charge in [0, 0.05) is 30.6 Å². The van der Waals surface area contributed by atoms with E-state index in [9.17, 15) is 4.79 Å². The molecule has 112 valence electrons. The summed E-state index contributed by atoms with van der Waals surface area (Å²) in [6.07, 6.45) is 1.16. The molecule has 0 saturated carbocycles. The van der Waals surface area contributed by atoms with Gasteiger partial charge in [-0.05, 0) is 31.0 Å². The quantitative estimate of drug-likeness (QED) is 0.825. The minimum Gasteiger partial charge on any atom is -0.367 e. The van der Waals surface area contributed by atoms with E-state index in [1.165, 1.54) is 0 Å².